The van der Waals surface area contributed by atoms with Gasteiger partial charge in [0.05, 0.1) is 25.8 Å². The molecule has 4 heteroatoms. The second-order valence-corrected chi connectivity index (χ2v) is 3.11. The minimum atomic E-state index is -0.238. The first-order chi connectivity index (χ1) is 7.22. The molecule has 0 aliphatic carbocycles. The first-order valence-electron chi connectivity index (χ1n) is 4.90. The van der Waals surface area contributed by atoms with Gasteiger partial charge in [0.25, 0.3) is 0 Å². The van der Waals surface area contributed by atoms with E-state index in [1.165, 1.54) is 0 Å². The number of rotatable bonds is 5. The van der Waals surface area contributed by atoms with Crippen LogP contribution in [0.15, 0.2) is 27.8 Å². The normalized spacial score (nSPS) is 11.5. The largest absolute Gasteiger partial charge is 0.467 e. The smallest absolute Gasteiger partial charge is 0.311 e. The van der Waals surface area contributed by atoms with E-state index in [0.29, 0.717) is 13.2 Å². The van der Waals surface area contributed by atoms with Crippen molar-refractivity contribution in [2.24, 2.45) is 4.99 Å². The molecule has 1 rings (SSSR count). The summed E-state index contributed by atoms with van der Waals surface area (Å²) in [5.74, 6) is 0.552. The summed E-state index contributed by atoms with van der Waals surface area (Å²) in [4.78, 5) is 15.3. The fourth-order valence-corrected chi connectivity index (χ4v) is 1.09. The van der Waals surface area contributed by atoms with Crippen molar-refractivity contribution in [2.75, 3.05) is 6.61 Å². The zero-order valence-electron chi connectivity index (χ0n) is 9.03. The van der Waals surface area contributed by atoms with Crippen molar-refractivity contribution in [3.8, 4) is 0 Å². The summed E-state index contributed by atoms with van der Waals surface area (Å²) in [6, 6.07) is 3.66. The highest BCUT2D eigenvalue weighted by Crippen LogP contribution is 2.02. The summed E-state index contributed by atoms with van der Waals surface area (Å²) in [5.41, 5.74) is 0.754. The third-order valence-corrected chi connectivity index (χ3v) is 1.79. The van der Waals surface area contributed by atoms with Crippen molar-refractivity contribution >= 4 is 11.7 Å². The summed E-state index contributed by atoms with van der Waals surface area (Å²) >= 11 is 0. The Labute approximate surface area is 89.0 Å². The zero-order valence-corrected chi connectivity index (χ0v) is 9.03. The SMILES string of the molecule is CCOC(=O)C/C(C)=N\Cc1ccco1. The van der Waals surface area contributed by atoms with Gasteiger partial charge in [0.2, 0.25) is 0 Å². The second-order valence-electron chi connectivity index (χ2n) is 3.11. The van der Waals surface area contributed by atoms with E-state index in [2.05, 4.69) is 4.99 Å². The van der Waals surface area contributed by atoms with Gasteiger partial charge in [-0.1, -0.05) is 0 Å². The molecule has 0 amide bonds. The molecular formula is C11H15NO3. The van der Waals surface area contributed by atoms with E-state index in [1.807, 2.05) is 12.1 Å². The second kappa shape index (κ2) is 6.01. The van der Waals surface area contributed by atoms with E-state index in [4.69, 9.17) is 9.15 Å². The van der Waals surface area contributed by atoms with Gasteiger partial charge in [-0.05, 0) is 26.0 Å². The fourth-order valence-electron chi connectivity index (χ4n) is 1.09. The van der Waals surface area contributed by atoms with E-state index in [1.54, 1.807) is 20.1 Å². The molecule has 0 N–H and O–H groups in total. The van der Waals surface area contributed by atoms with Gasteiger partial charge in [-0.2, -0.15) is 0 Å². The van der Waals surface area contributed by atoms with Gasteiger partial charge in [-0.25, -0.2) is 0 Å². The van der Waals surface area contributed by atoms with E-state index in [9.17, 15) is 4.79 Å². The Kier molecular flexibility index (Phi) is 4.60. The molecule has 1 aromatic rings. The predicted molar refractivity (Wildman–Crippen MR) is 56.8 cm³/mol. The van der Waals surface area contributed by atoms with E-state index in [0.717, 1.165) is 11.5 Å². The number of carbonyl (C=O) groups is 1. The van der Waals surface area contributed by atoms with Crippen LogP contribution in [0.2, 0.25) is 0 Å². The van der Waals surface area contributed by atoms with Crippen LogP contribution in [0.25, 0.3) is 0 Å². The van der Waals surface area contributed by atoms with Gasteiger partial charge in [-0.3, -0.25) is 9.79 Å². The predicted octanol–water partition coefficient (Wildman–Crippen LogP) is 2.19. The summed E-state index contributed by atoms with van der Waals surface area (Å²) in [7, 11) is 0. The molecule has 0 spiro atoms. The summed E-state index contributed by atoms with van der Waals surface area (Å²) in [5, 5.41) is 0. The average Bonchev–Trinajstić information content (AvgIpc) is 2.67. The minimum Gasteiger partial charge on any atom is -0.467 e. The molecule has 1 aromatic heterocycles. The number of ether oxygens (including phenoxy) is 1. The van der Waals surface area contributed by atoms with E-state index in [-0.39, 0.29) is 12.4 Å². The third-order valence-electron chi connectivity index (χ3n) is 1.79. The molecule has 0 fully saturated rings. The van der Waals surface area contributed by atoms with Crippen LogP contribution < -0.4 is 0 Å². The molecule has 0 unspecified atom stereocenters. The molecule has 0 aliphatic heterocycles. The van der Waals surface area contributed by atoms with Crippen LogP contribution in [0.3, 0.4) is 0 Å². The molecule has 0 atom stereocenters. The number of hydrogen-bond acceptors (Lipinski definition) is 4. The summed E-state index contributed by atoms with van der Waals surface area (Å²) in [6.45, 7) is 4.47. The number of furan rings is 1. The maximum Gasteiger partial charge on any atom is 0.311 e. The van der Waals surface area contributed by atoms with Crippen molar-refractivity contribution in [2.45, 2.75) is 26.8 Å². The first kappa shape index (κ1) is 11.5. The maximum atomic E-state index is 11.1. The number of nitrogens with zero attached hydrogens (tertiary/aromatic N) is 1. The fraction of sp³-hybridized carbons (Fsp3) is 0.455. The Balaban J connectivity index is 2.36. The Morgan fingerprint density at radius 2 is 2.40 bits per heavy atom. The van der Waals surface area contributed by atoms with Crippen LogP contribution in [0.4, 0.5) is 0 Å². The highest BCUT2D eigenvalue weighted by atomic mass is 16.5. The van der Waals surface area contributed by atoms with Crippen molar-refractivity contribution in [3.05, 3.63) is 24.2 Å². The van der Waals surface area contributed by atoms with Crippen LogP contribution >= 0.6 is 0 Å². The Bertz CT molecular complexity index is 328. The minimum absolute atomic E-state index is 0.238. The van der Waals surface area contributed by atoms with E-state index >= 15 is 0 Å². The van der Waals surface area contributed by atoms with Gasteiger partial charge >= 0.3 is 5.97 Å². The molecule has 0 aromatic carbocycles. The number of hydrogen-bond donors (Lipinski definition) is 0. The van der Waals surface area contributed by atoms with Gasteiger partial charge in [-0.15, -0.1) is 0 Å². The zero-order chi connectivity index (χ0) is 11.1. The lowest BCUT2D eigenvalue weighted by atomic mass is 10.3. The van der Waals surface area contributed by atoms with Crippen LogP contribution in [0.5, 0.6) is 0 Å². The van der Waals surface area contributed by atoms with Crippen LogP contribution in [0, 0.1) is 0 Å². The lowest BCUT2D eigenvalue weighted by Gasteiger charge is -2.00. The number of esters is 1. The highest BCUT2D eigenvalue weighted by Gasteiger charge is 2.03. The monoisotopic (exact) mass is 209 g/mol. The van der Waals surface area contributed by atoms with E-state index < -0.39 is 0 Å². The topological polar surface area (TPSA) is 51.8 Å². The average molecular weight is 209 g/mol. The number of aliphatic imine (C=N–C) groups is 1. The van der Waals surface area contributed by atoms with Crippen molar-refractivity contribution in [1.82, 2.24) is 0 Å². The molecule has 0 saturated heterocycles. The lowest BCUT2D eigenvalue weighted by Crippen LogP contribution is -2.08. The van der Waals surface area contributed by atoms with Crippen molar-refractivity contribution in [3.63, 3.8) is 0 Å². The van der Waals surface area contributed by atoms with Gasteiger partial charge in [0, 0.05) is 5.71 Å². The Hall–Kier alpha value is -1.58. The quantitative estimate of drug-likeness (QED) is 0.551. The maximum absolute atomic E-state index is 11.1. The Morgan fingerprint density at radius 3 is 3.00 bits per heavy atom. The van der Waals surface area contributed by atoms with Crippen molar-refractivity contribution < 1.29 is 13.9 Å². The summed E-state index contributed by atoms with van der Waals surface area (Å²) in [6.07, 6.45) is 1.85. The highest BCUT2D eigenvalue weighted by molar-refractivity contribution is 5.97. The molecule has 15 heavy (non-hydrogen) atoms. The van der Waals surface area contributed by atoms with Gasteiger partial charge in [0.1, 0.15) is 5.76 Å². The van der Waals surface area contributed by atoms with Crippen LogP contribution in [-0.4, -0.2) is 18.3 Å². The first-order valence-corrected chi connectivity index (χ1v) is 4.90. The molecule has 82 valence electrons. The van der Waals surface area contributed by atoms with Crippen molar-refractivity contribution in [1.29, 1.82) is 0 Å². The number of carbonyl (C=O) groups excluding carboxylic acids is 1. The lowest BCUT2D eigenvalue weighted by molar-refractivity contribution is -0.141. The Morgan fingerprint density at radius 1 is 1.60 bits per heavy atom. The van der Waals surface area contributed by atoms with Gasteiger partial charge in [0.15, 0.2) is 0 Å². The van der Waals surface area contributed by atoms with Crippen LogP contribution in [-0.2, 0) is 16.1 Å². The molecule has 1 heterocycles. The molecule has 0 aliphatic rings. The molecule has 0 bridgehead atoms. The molecule has 4 nitrogen and oxygen atoms in total. The molecule has 0 saturated carbocycles. The molecule has 0 radical (unpaired) electrons. The van der Waals surface area contributed by atoms with Crippen LogP contribution in [0.1, 0.15) is 26.0 Å². The van der Waals surface area contributed by atoms with Gasteiger partial charge < -0.3 is 9.15 Å². The standard InChI is InChI=1S/C11H15NO3/c1-3-14-11(13)7-9(2)12-8-10-5-4-6-15-10/h4-6H,3,7-8H2,1-2H3/b12-9-. The molecular weight excluding hydrogens is 194 g/mol. The third kappa shape index (κ3) is 4.44. The summed E-state index contributed by atoms with van der Waals surface area (Å²) < 4.78 is 9.92.